The number of rotatable bonds is 2. The number of hydrogen-bond acceptors (Lipinski definition) is 3. The number of halogens is 5. The van der Waals surface area contributed by atoms with E-state index in [0.717, 1.165) is 23.5 Å². The molecule has 0 saturated carbocycles. The van der Waals surface area contributed by atoms with Gasteiger partial charge in [-0.2, -0.15) is 18.2 Å². The Kier molecular flexibility index (Phi) is 4.37. The Morgan fingerprint density at radius 2 is 1.79 bits per heavy atom. The first-order chi connectivity index (χ1) is 13.2. The molecular formula is C19H14F5N2OS+. The fourth-order valence-corrected chi connectivity index (χ4v) is 4.79. The van der Waals surface area contributed by atoms with Crippen LogP contribution in [0.3, 0.4) is 0 Å². The van der Waals surface area contributed by atoms with Gasteiger partial charge in [-0.3, -0.25) is 4.79 Å². The fraction of sp³-hybridized carbons (Fsp3) is 0.263. The summed E-state index contributed by atoms with van der Waals surface area (Å²) < 4.78 is 67.7. The van der Waals surface area contributed by atoms with Crippen molar-refractivity contribution in [1.29, 1.82) is 0 Å². The van der Waals surface area contributed by atoms with E-state index in [4.69, 9.17) is 5.73 Å². The van der Waals surface area contributed by atoms with Crippen molar-refractivity contribution in [2.24, 2.45) is 0 Å². The zero-order valence-corrected chi connectivity index (χ0v) is 15.2. The van der Waals surface area contributed by atoms with E-state index in [1.807, 2.05) is 0 Å². The molecule has 3 N–H and O–H groups in total. The second kappa shape index (κ2) is 6.51. The van der Waals surface area contributed by atoms with E-state index in [2.05, 4.69) is 4.98 Å². The standard InChI is InChI=1S/C19H13F5N2OS/c20-8-5-6-11(12(21)7-8)15(27)16-14(25)13-9-3-1-2-4-10(9)17(19(22,23)24)26-18(13)28-16/h5-7H,1-4,25H2/p+1. The number of carbonyl (C=O) groups is 1. The van der Waals surface area contributed by atoms with E-state index in [-0.39, 0.29) is 32.9 Å². The van der Waals surface area contributed by atoms with Crippen LogP contribution < -0.4 is 10.7 Å². The minimum absolute atomic E-state index is 0.0249. The number of fused-ring (bicyclic) bond motifs is 3. The molecule has 4 rings (SSSR count). The maximum absolute atomic E-state index is 14.0. The highest BCUT2D eigenvalue weighted by molar-refractivity contribution is 7.21. The molecule has 3 nitrogen and oxygen atoms in total. The van der Waals surface area contributed by atoms with Gasteiger partial charge in [0.2, 0.25) is 5.78 Å². The molecule has 1 aliphatic rings. The van der Waals surface area contributed by atoms with E-state index in [1.54, 1.807) is 0 Å². The van der Waals surface area contributed by atoms with Gasteiger partial charge in [-0.1, -0.05) is 11.3 Å². The topological polar surface area (TPSA) is 57.2 Å². The van der Waals surface area contributed by atoms with Crippen LogP contribution in [-0.4, -0.2) is 5.78 Å². The molecule has 9 heteroatoms. The van der Waals surface area contributed by atoms with Crippen LogP contribution in [0.1, 0.15) is 44.9 Å². The van der Waals surface area contributed by atoms with Gasteiger partial charge in [0.1, 0.15) is 16.5 Å². The van der Waals surface area contributed by atoms with E-state index >= 15 is 0 Å². The van der Waals surface area contributed by atoms with Crippen LogP contribution in [0.25, 0.3) is 10.2 Å². The van der Waals surface area contributed by atoms with Gasteiger partial charge in [0.15, 0.2) is 0 Å². The smallest absolute Gasteiger partial charge is 0.397 e. The lowest BCUT2D eigenvalue weighted by atomic mass is 9.88. The maximum atomic E-state index is 14.0. The third-order valence-corrected chi connectivity index (χ3v) is 6.04. The number of pyridine rings is 1. The van der Waals surface area contributed by atoms with Gasteiger partial charge in [0.25, 0.3) is 10.5 Å². The molecule has 0 atom stereocenters. The van der Waals surface area contributed by atoms with Crippen molar-refractivity contribution < 1.29 is 31.7 Å². The van der Waals surface area contributed by atoms with Gasteiger partial charge in [-0.05, 0) is 43.4 Å². The van der Waals surface area contributed by atoms with Gasteiger partial charge in [-0.25, -0.2) is 8.78 Å². The third-order valence-electron chi connectivity index (χ3n) is 4.92. The number of thiophene rings is 1. The highest BCUT2D eigenvalue weighted by Crippen LogP contribution is 2.42. The number of benzene rings is 1. The van der Waals surface area contributed by atoms with Crippen LogP contribution in [0, 0.1) is 11.6 Å². The molecule has 28 heavy (non-hydrogen) atoms. The number of ketones is 1. The highest BCUT2D eigenvalue weighted by atomic mass is 32.1. The largest absolute Gasteiger partial charge is 0.477 e. The molecule has 3 aromatic rings. The summed E-state index contributed by atoms with van der Waals surface area (Å²) in [4.78, 5) is 15.2. The zero-order chi connectivity index (χ0) is 20.2. The van der Waals surface area contributed by atoms with Crippen LogP contribution in [-0.2, 0) is 19.0 Å². The molecular weight excluding hydrogens is 399 g/mol. The van der Waals surface area contributed by atoms with Gasteiger partial charge in [-0.15, -0.1) is 0 Å². The van der Waals surface area contributed by atoms with Gasteiger partial charge in [0.05, 0.1) is 16.6 Å². The summed E-state index contributed by atoms with van der Waals surface area (Å²) in [5.41, 5.74) is 5.60. The Labute approximate surface area is 160 Å². The summed E-state index contributed by atoms with van der Waals surface area (Å²) in [6.45, 7) is 0. The van der Waals surface area contributed by atoms with Crippen LogP contribution in [0.4, 0.5) is 27.6 Å². The predicted molar refractivity (Wildman–Crippen MR) is 94.2 cm³/mol. The van der Waals surface area contributed by atoms with Gasteiger partial charge < -0.3 is 5.73 Å². The molecule has 0 aliphatic heterocycles. The van der Waals surface area contributed by atoms with Crippen molar-refractivity contribution in [3.8, 4) is 0 Å². The summed E-state index contributed by atoms with van der Waals surface area (Å²) >= 11 is 0.752. The first-order valence-electron chi connectivity index (χ1n) is 8.54. The van der Waals surface area contributed by atoms with Gasteiger partial charge >= 0.3 is 6.18 Å². The lowest BCUT2D eigenvalue weighted by molar-refractivity contribution is -0.397. The third kappa shape index (κ3) is 2.94. The minimum atomic E-state index is -4.57. The van der Waals surface area contributed by atoms with Crippen molar-refractivity contribution >= 4 is 33.0 Å². The number of hydrogen-bond donors (Lipinski definition) is 1. The Bertz CT molecular complexity index is 1120. The normalized spacial score (nSPS) is 14.3. The van der Waals surface area contributed by atoms with Crippen molar-refractivity contribution in [2.75, 3.05) is 5.73 Å². The number of alkyl halides is 3. The van der Waals surface area contributed by atoms with Crippen LogP contribution in [0.5, 0.6) is 0 Å². The first kappa shape index (κ1) is 18.8. The Hall–Kier alpha value is -2.55. The molecule has 1 aromatic carbocycles. The molecule has 0 amide bonds. The van der Waals surface area contributed by atoms with Crippen LogP contribution in [0.2, 0.25) is 0 Å². The molecule has 0 fully saturated rings. The maximum Gasteiger partial charge on any atom is 0.477 e. The van der Waals surface area contributed by atoms with Crippen molar-refractivity contribution in [2.45, 2.75) is 31.9 Å². The lowest BCUT2D eigenvalue weighted by Gasteiger charge is -2.17. The second-order valence-corrected chi connectivity index (χ2v) is 7.68. The first-order valence-corrected chi connectivity index (χ1v) is 9.36. The van der Waals surface area contributed by atoms with Crippen LogP contribution in [0.15, 0.2) is 18.2 Å². The summed E-state index contributed by atoms with van der Waals surface area (Å²) in [6, 6.07) is 2.51. The van der Waals surface area contributed by atoms with Crippen molar-refractivity contribution in [3.63, 3.8) is 0 Å². The van der Waals surface area contributed by atoms with E-state index in [1.165, 1.54) is 0 Å². The average Bonchev–Trinajstić information content (AvgIpc) is 2.97. The van der Waals surface area contributed by atoms with E-state index in [9.17, 15) is 26.7 Å². The van der Waals surface area contributed by atoms with E-state index in [0.29, 0.717) is 36.3 Å². The summed E-state index contributed by atoms with van der Waals surface area (Å²) in [5, 5.41) is 0.388. The average molecular weight is 413 g/mol. The lowest BCUT2D eigenvalue weighted by Crippen LogP contribution is -2.26. The number of nitrogens with one attached hydrogen (secondary N) is 1. The Morgan fingerprint density at radius 3 is 2.43 bits per heavy atom. The molecule has 2 heterocycles. The monoisotopic (exact) mass is 413 g/mol. The quantitative estimate of drug-likeness (QED) is 0.489. The molecule has 2 aromatic heterocycles. The zero-order valence-electron chi connectivity index (χ0n) is 14.3. The molecule has 0 bridgehead atoms. The van der Waals surface area contributed by atoms with Crippen molar-refractivity contribution in [3.05, 3.63) is 57.1 Å². The Balaban J connectivity index is 1.95. The molecule has 146 valence electrons. The van der Waals surface area contributed by atoms with Gasteiger partial charge in [0, 0.05) is 11.6 Å². The molecule has 0 radical (unpaired) electrons. The molecule has 0 unspecified atom stereocenters. The number of H-pyrrole nitrogens is 1. The number of nitrogens with two attached hydrogens (primary N) is 1. The van der Waals surface area contributed by atoms with Crippen molar-refractivity contribution in [1.82, 2.24) is 0 Å². The fourth-order valence-electron chi connectivity index (χ4n) is 3.68. The molecule has 0 saturated heterocycles. The number of carbonyl (C=O) groups excluding carboxylic acids is 1. The minimum Gasteiger partial charge on any atom is -0.397 e. The Morgan fingerprint density at radius 1 is 1.11 bits per heavy atom. The summed E-state index contributed by atoms with van der Waals surface area (Å²) in [5.74, 6) is -2.68. The summed E-state index contributed by atoms with van der Waals surface area (Å²) in [7, 11) is 0. The predicted octanol–water partition coefficient (Wildman–Crippen LogP) is 4.70. The van der Waals surface area contributed by atoms with Crippen LogP contribution >= 0.6 is 11.3 Å². The summed E-state index contributed by atoms with van der Waals surface area (Å²) in [6.07, 6.45) is -2.53. The van der Waals surface area contributed by atoms with E-state index < -0.39 is 29.3 Å². The number of aromatic amines is 1. The number of anilines is 1. The number of nitrogen functional groups attached to an aromatic ring is 1. The number of aromatic nitrogens is 1. The molecule has 0 spiro atoms. The molecule has 1 aliphatic carbocycles. The SMILES string of the molecule is Nc1c(C(=O)c2ccc(F)cc2F)sc2[nH+]c(C(F)(F)F)c3c(c12)CCCC3. The highest BCUT2D eigenvalue weighted by Gasteiger charge is 2.44. The second-order valence-electron chi connectivity index (χ2n) is 6.66. The number of aryl methyl sites for hydroxylation is 1.